The Kier molecular flexibility index (Phi) is 4.44. The summed E-state index contributed by atoms with van der Waals surface area (Å²) in [7, 11) is 0. The summed E-state index contributed by atoms with van der Waals surface area (Å²) in [5.74, 6) is 1.80. The first-order chi connectivity index (χ1) is 14.3. The van der Waals surface area contributed by atoms with Crippen LogP contribution in [-0.4, -0.2) is 46.7 Å². The normalized spacial score (nSPS) is 21.2. The lowest BCUT2D eigenvalue weighted by Crippen LogP contribution is -2.28. The first-order valence-corrected chi connectivity index (χ1v) is 9.78. The second-order valence-corrected chi connectivity index (χ2v) is 7.00. The fraction of sp³-hybridized carbons (Fsp3) is 0.238. The molecule has 0 aromatic rings. The zero-order chi connectivity index (χ0) is 19.6. The molecule has 0 aromatic heterocycles. The third kappa shape index (κ3) is 3.69. The Balaban J connectivity index is 1.56. The van der Waals surface area contributed by atoms with E-state index >= 15 is 0 Å². The summed E-state index contributed by atoms with van der Waals surface area (Å²) in [5.41, 5.74) is 7.20. The molecule has 0 saturated carbocycles. The predicted molar refractivity (Wildman–Crippen MR) is 118 cm³/mol. The molecule has 0 fully saturated rings. The first kappa shape index (κ1) is 17.4. The maximum absolute atomic E-state index is 4.68. The van der Waals surface area contributed by atoms with E-state index in [-0.39, 0.29) is 0 Å². The maximum Gasteiger partial charge on any atom is 0.253 e. The van der Waals surface area contributed by atoms with E-state index in [4.69, 9.17) is 0 Å². The van der Waals surface area contributed by atoms with Gasteiger partial charge < -0.3 is 0 Å². The summed E-state index contributed by atoms with van der Waals surface area (Å²) in [5, 5.41) is 4.39. The lowest BCUT2D eigenvalue weighted by atomic mass is 10.2. The van der Waals surface area contributed by atoms with Crippen molar-refractivity contribution in [2.24, 2.45) is 30.1 Å². The SMILES string of the molecule is CCCCCN1C2=CC3=NC(=CC4=NC(=CC5=NC(=NC1=NN2)N=C5)C=C4)C=C3. The van der Waals surface area contributed by atoms with Gasteiger partial charge in [-0.25, -0.2) is 20.0 Å². The fourth-order valence-corrected chi connectivity index (χ4v) is 3.33. The molecule has 0 amide bonds. The van der Waals surface area contributed by atoms with E-state index in [0.717, 1.165) is 54.4 Å². The zero-order valence-corrected chi connectivity index (χ0v) is 16.1. The van der Waals surface area contributed by atoms with Crippen molar-refractivity contribution in [1.29, 1.82) is 0 Å². The van der Waals surface area contributed by atoms with Gasteiger partial charge in [0.05, 0.1) is 34.7 Å². The van der Waals surface area contributed by atoms with Gasteiger partial charge in [0.2, 0.25) is 0 Å². The zero-order valence-electron chi connectivity index (χ0n) is 16.1. The van der Waals surface area contributed by atoms with Crippen molar-refractivity contribution >= 4 is 35.3 Å². The van der Waals surface area contributed by atoms with E-state index in [2.05, 4.69) is 47.3 Å². The standard InChI is InChI=1S/C21H20N8/c1-2-3-4-9-29-19-12-17-8-7-15(24-17)10-14-5-6-16(23-14)11-18-13-22-20(25-18)26-21(29)28-27-19/h5-8,10-13,27H,2-4,9H2,1H3. The fourth-order valence-electron chi connectivity index (χ4n) is 3.33. The Morgan fingerprint density at radius 2 is 1.59 bits per heavy atom. The Hall–Kier alpha value is -3.68. The lowest BCUT2D eigenvalue weighted by molar-refractivity contribution is 0.477. The monoisotopic (exact) mass is 384 g/mol. The molecule has 0 aliphatic carbocycles. The van der Waals surface area contributed by atoms with Crippen molar-refractivity contribution < 1.29 is 0 Å². The van der Waals surface area contributed by atoms with Gasteiger partial charge in [-0.3, -0.25) is 10.3 Å². The molecular formula is C21H20N8. The highest BCUT2D eigenvalue weighted by Gasteiger charge is 2.24. The highest BCUT2D eigenvalue weighted by atomic mass is 15.5. The number of rotatable bonds is 4. The molecule has 0 atom stereocenters. The molecule has 0 spiro atoms. The van der Waals surface area contributed by atoms with Crippen LogP contribution in [0.5, 0.6) is 0 Å². The molecule has 0 unspecified atom stereocenters. The van der Waals surface area contributed by atoms with Crippen LogP contribution in [0, 0.1) is 0 Å². The number of hydrazone groups is 1. The summed E-state index contributed by atoms with van der Waals surface area (Å²) < 4.78 is 0. The minimum absolute atomic E-state index is 0.387. The molecule has 0 aromatic carbocycles. The Morgan fingerprint density at radius 3 is 2.38 bits per heavy atom. The number of nitrogens with zero attached hydrogens (tertiary/aromatic N) is 7. The summed E-state index contributed by atoms with van der Waals surface area (Å²) >= 11 is 0. The highest BCUT2D eigenvalue weighted by molar-refractivity contribution is 6.42. The largest absolute Gasteiger partial charge is 0.294 e. The Morgan fingerprint density at radius 1 is 0.828 bits per heavy atom. The van der Waals surface area contributed by atoms with Gasteiger partial charge >= 0.3 is 0 Å². The van der Waals surface area contributed by atoms with Gasteiger partial charge in [0.1, 0.15) is 5.82 Å². The van der Waals surface area contributed by atoms with Crippen LogP contribution in [-0.2, 0) is 0 Å². The topological polar surface area (TPSA) is 89.4 Å². The molecule has 5 rings (SSSR count). The Bertz CT molecular complexity index is 1090. The molecule has 5 aliphatic rings. The number of allylic oxidation sites excluding steroid dienone is 7. The first-order valence-electron chi connectivity index (χ1n) is 9.78. The van der Waals surface area contributed by atoms with Crippen molar-refractivity contribution in [2.75, 3.05) is 6.54 Å². The van der Waals surface area contributed by atoms with Gasteiger partial charge in [-0.2, -0.15) is 4.99 Å². The number of nitrogens with one attached hydrogen (secondary N) is 1. The van der Waals surface area contributed by atoms with Gasteiger partial charge in [0, 0.05) is 12.6 Å². The number of aliphatic imine (C=N–C) groups is 5. The van der Waals surface area contributed by atoms with Gasteiger partial charge in [0.25, 0.3) is 11.9 Å². The summed E-state index contributed by atoms with van der Waals surface area (Å²) in [6, 6.07) is 0. The summed E-state index contributed by atoms with van der Waals surface area (Å²) in [6.07, 6.45) is 18.8. The third-order valence-electron chi connectivity index (χ3n) is 4.77. The van der Waals surface area contributed by atoms with Crippen molar-refractivity contribution in [2.45, 2.75) is 26.2 Å². The van der Waals surface area contributed by atoms with Gasteiger partial charge in [0.15, 0.2) is 0 Å². The number of hydrogen-bond donors (Lipinski definition) is 1. The van der Waals surface area contributed by atoms with Gasteiger partial charge in [-0.1, -0.05) is 19.8 Å². The number of guanidine groups is 2. The maximum atomic E-state index is 4.68. The molecule has 144 valence electrons. The second-order valence-electron chi connectivity index (χ2n) is 7.00. The molecule has 1 N–H and O–H groups in total. The van der Waals surface area contributed by atoms with Crippen LogP contribution in [0.2, 0.25) is 0 Å². The number of unbranched alkanes of at least 4 members (excludes halogenated alkanes) is 2. The van der Waals surface area contributed by atoms with Crippen LogP contribution in [0.4, 0.5) is 0 Å². The van der Waals surface area contributed by atoms with E-state index < -0.39 is 0 Å². The Labute approximate surface area is 168 Å². The highest BCUT2D eigenvalue weighted by Crippen LogP contribution is 2.19. The van der Waals surface area contributed by atoms with Crippen molar-refractivity contribution in [3.63, 3.8) is 0 Å². The van der Waals surface area contributed by atoms with Crippen LogP contribution in [0.3, 0.4) is 0 Å². The van der Waals surface area contributed by atoms with Gasteiger partial charge in [-0.05, 0) is 42.9 Å². The van der Waals surface area contributed by atoms with E-state index in [0.29, 0.717) is 17.6 Å². The predicted octanol–water partition coefficient (Wildman–Crippen LogP) is 2.88. The van der Waals surface area contributed by atoms with Crippen molar-refractivity contribution in [3.8, 4) is 0 Å². The molecule has 0 saturated heterocycles. The van der Waals surface area contributed by atoms with Crippen LogP contribution in [0.25, 0.3) is 0 Å². The summed E-state index contributed by atoms with van der Waals surface area (Å²) in [4.78, 5) is 24.7. The molecular weight excluding hydrogens is 364 g/mol. The summed E-state index contributed by atoms with van der Waals surface area (Å²) in [6.45, 7) is 3.00. The van der Waals surface area contributed by atoms with E-state index in [1.165, 1.54) is 0 Å². The van der Waals surface area contributed by atoms with Gasteiger partial charge in [-0.15, -0.1) is 5.10 Å². The van der Waals surface area contributed by atoms with Crippen LogP contribution in [0.1, 0.15) is 26.2 Å². The molecule has 0 radical (unpaired) electrons. The van der Waals surface area contributed by atoms with E-state index in [9.17, 15) is 0 Å². The molecule has 5 aliphatic heterocycles. The van der Waals surface area contributed by atoms with E-state index in [1.54, 1.807) is 6.21 Å². The van der Waals surface area contributed by atoms with Crippen LogP contribution < -0.4 is 5.43 Å². The molecule has 29 heavy (non-hydrogen) atoms. The quantitative estimate of drug-likeness (QED) is 0.755. The molecule has 8 nitrogen and oxygen atoms in total. The number of hydrogen-bond acceptors (Lipinski definition) is 8. The molecule has 8 bridgehead atoms. The molecule has 5 heterocycles. The van der Waals surface area contributed by atoms with E-state index in [1.807, 2.05) is 42.5 Å². The second kappa shape index (κ2) is 7.38. The minimum Gasteiger partial charge on any atom is -0.294 e. The third-order valence-corrected chi connectivity index (χ3v) is 4.77. The van der Waals surface area contributed by atoms with Crippen molar-refractivity contribution in [1.82, 2.24) is 10.3 Å². The van der Waals surface area contributed by atoms with Crippen LogP contribution in [0.15, 0.2) is 89.8 Å². The minimum atomic E-state index is 0.387. The lowest BCUT2D eigenvalue weighted by Gasteiger charge is -2.18. The van der Waals surface area contributed by atoms with Crippen molar-refractivity contribution in [3.05, 3.63) is 59.7 Å². The van der Waals surface area contributed by atoms with Crippen LogP contribution >= 0.6 is 0 Å². The number of fused-ring (bicyclic) bond motifs is 5. The average molecular weight is 384 g/mol. The average Bonchev–Trinajstić information content (AvgIpc) is 3.49. The molecule has 8 heteroatoms. The smallest absolute Gasteiger partial charge is 0.253 e.